The van der Waals surface area contributed by atoms with Crippen molar-refractivity contribution in [2.24, 2.45) is 0 Å². The molecule has 0 aromatic heterocycles. The summed E-state index contributed by atoms with van der Waals surface area (Å²) in [5.74, 6) is -0.801. The standard InChI is InChI=1S/C10H9NO7S2.C10H9NO4S/c11-8-2-1-6-7(10(8)20(16,17)18)3-5(4-9(6)12)19(13,14)15;11-7-1-2-9-6(3-7)4-8(5-10(9)12)16(13,14)15/h1-4,12H,11H2,(H,13,14,15)(H,16,17,18);1-5,12H,11H2,(H,13,14,15). The third-order valence-electron chi connectivity index (χ3n) is 4.85. The molecular formula is C20H18N2O11S3. The topological polar surface area (TPSA) is 256 Å². The van der Waals surface area contributed by atoms with Crippen LogP contribution in [0.1, 0.15) is 0 Å². The van der Waals surface area contributed by atoms with Gasteiger partial charge in [-0.2, -0.15) is 25.3 Å². The average molecular weight is 559 g/mol. The number of aromatic hydroxyl groups is 2. The predicted octanol–water partition coefficient (Wildman–Crippen LogP) is 2.00. The first-order chi connectivity index (χ1) is 16.4. The van der Waals surface area contributed by atoms with E-state index in [9.17, 15) is 35.5 Å². The molecule has 0 bridgehead atoms. The van der Waals surface area contributed by atoms with Gasteiger partial charge >= 0.3 is 0 Å². The fraction of sp³-hybridized carbons (Fsp3) is 0. The van der Waals surface area contributed by atoms with Crippen molar-refractivity contribution in [3.8, 4) is 11.5 Å². The summed E-state index contributed by atoms with van der Waals surface area (Å²) < 4.78 is 93.6. The lowest BCUT2D eigenvalue weighted by Gasteiger charge is -2.10. The maximum Gasteiger partial charge on any atom is 0.297 e. The van der Waals surface area contributed by atoms with Crippen molar-refractivity contribution in [3.05, 3.63) is 54.6 Å². The van der Waals surface area contributed by atoms with Crippen LogP contribution >= 0.6 is 0 Å². The SMILES string of the molecule is Nc1ccc2c(O)cc(S(=O)(=O)O)cc2c1.Nc1ccc2c(O)cc(S(=O)(=O)O)cc2c1S(=O)(=O)O. The van der Waals surface area contributed by atoms with E-state index < -0.39 is 45.9 Å². The molecule has 4 aromatic rings. The molecule has 16 heteroatoms. The molecule has 0 saturated heterocycles. The average Bonchev–Trinajstić information content (AvgIpc) is 2.71. The van der Waals surface area contributed by atoms with Crippen LogP contribution in [0.25, 0.3) is 21.5 Å². The number of benzene rings is 4. The van der Waals surface area contributed by atoms with Gasteiger partial charge in [-0.05, 0) is 47.9 Å². The molecule has 36 heavy (non-hydrogen) atoms. The summed E-state index contributed by atoms with van der Waals surface area (Å²) in [4.78, 5) is -1.82. The van der Waals surface area contributed by atoms with Crippen LogP contribution in [0.15, 0.2) is 69.3 Å². The summed E-state index contributed by atoms with van der Waals surface area (Å²) in [6, 6.07) is 10.9. The normalized spacial score (nSPS) is 12.3. The van der Waals surface area contributed by atoms with E-state index in [1.54, 1.807) is 12.1 Å². The number of rotatable bonds is 3. The zero-order chi connectivity index (χ0) is 27.2. The minimum absolute atomic E-state index is 0.0424. The number of nitrogen functional groups attached to an aromatic ring is 2. The van der Waals surface area contributed by atoms with Gasteiger partial charge in [0, 0.05) is 34.0 Å². The number of anilines is 2. The highest BCUT2D eigenvalue weighted by Crippen LogP contribution is 2.35. The Labute approximate surface area is 204 Å². The van der Waals surface area contributed by atoms with Gasteiger partial charge in [0.15, 0.2) is 0 Å². The summed E-state index contributed by atoms with van der Waals surface area (Å²) in [5.41, 5.74) is 11.1. The maximum absolute atomic E-state index is 11.3. The van der Waals surface area contributed by atoms with Crippen LogP contribution in [0, 0.1) is 0 Å². The molecule has 0 aliphatic heterocycles. The molecule has 0 heterocycles. The fourth-order valence-electron chi connectivity index (χ4n) is 3.31. The molecule has 192 valence electrons. The van der Waals surface area contributed by atoms with Crippen LogP contribution in [0.5, 0.6) is 11.5 Å². The second-order valence-corrected chi connectivity index (χ2v) is 11.6. The molecule has 0 aliphatic carbocycles. The van der Waals surface area contributed by atoms with Crippen molar-refractivity contribution < 1.29 is 49.1 Å². The highest BCUT2D eigenvalue weighted by atomic mass is 32.2. The first-order valence-electron chi connectivity index (χ1n) is 9.39. The number of hydrogen-bond acceptors (Lipinski definition) is 10. The largest absolute Gasteiger partial charge is 0.507 e. The zero-order valence-corrected chi connectivity index (χ0v) is 20.2. The summed E-state index contributed by atoms with van der Waals surface area (Å²) in [6.45, 7) is 0. The molecule has 13 nitrogen and oxygen atoms in total. The minimum Gasteiger partial charge on any atom is -0.507 e. The van der Waals surface area contributed by atoms with Gasteiger partial charge < -0.3 is 21.7 Å². The molecule has 0 unspecified atom stereocenters. The van der Waals surface area contributed by atoms with E-state index in [1.807, 2.05) is 0 Å². The second-order valence-electron chi connectivity index (χ2n) is 7.37. The molecular weight excluding hydrogens is 540 g/mol. The lowest BCUT2D eigenvalue weighted by molar-refractivity contribution is 0.470. The smallest absolute Gasteiger partial charge is 0.297 e. The van der Waals surface area contributed by atoms with Crippen molar-refractivity contribution in [3.63, 3.8) is 0 Å². The Morgan fingerprint density at radius 1 is 0.556 bits per heavy atom. The van der Waals surface area contributed by atoms with E-state index in [4.69, 9.17) is 25.1 Å². The molecule has 0 spiro atoms. The lowest BCUT2D eigenvalue weighted by Crippen LogP contribution is -2.05. The number of nitrogens with two attached hydrogens (primary N) is 2. The zero-order valence-electron chi connectivity index (χ0n) is 17.8. The Morgan fingerprint density at radius 2 is 1.06 bits per heavy atom. The van der Waals surface area contributed by atoms with Gasteiger partial charge in [-0.15, -0.1) is 0 Å². The third-order valence-corrected chi connectivity index (χ3v) is 7.48. The van der Waals surface area contributed by atoms with Crippen LogP contribution in [0.2, 0.25) is 0 Å². The Kier molecular flexibility index (Phi) is 6.79. The van der Waals surface area contributed by atoms with E-state index in [1.165, 1.54) is 18.2 Å². The molecule has 4 rings (SSSR count). The van der Waals surface area contributed by atoms with E-state index >= 15 is 0 Å². The molecule has 0 aliphatic rings. The highest BCUT2D eigenvalue weighted by Gasteiger charge is 2.22. The minimum atomic E-state index is -4.75. The Balaban J connectivity index is 0.000000205. The van der Waals surface area contributed by atoms with Crippen molar-refractivity contribution in [2.45, 2.75) is 14.7 Å². The first-order valence-corrected chi connectivity index (χ1v) is 13.7. The van der Waals surface area contributed by atoms with Crippen molar-refractivity contribution in [2.75, 3.05) is 11.5 Å². The molecule has 4 aromatic carbocycles. The van der Waals surface area contributed by atoms with Crippen LogP contribution in [0.4, 0.5) is 11.4 Å². The van der Waals surface area contributed by atoms with Gasteiger partial charge in [0.2, 0.25) is 0 Å². The quantitative estimate of drug-likeness (QED) is 0.140. The maximum atomic E-state index is 11.3. The van der Waals surface area contributed by atoms with E-state index in [0.717, 1.165) is 24.3 Å². The summed E-state index contributed by atoms with van der Waals surface area (Å²) in [6.07, 6.45) is 0. The van der Waals surface area contributed by atoms with Crippen LogP contribution < -0.4 is 11.5 Å². The van der Waals surface area contributed by atoms with Gasteiger partial charge in [-0.3, -0.25) is 13.7 Å². The van der Waals surface area contributed by atoms with E-state index in [0.29, 0.717) is 16.5 Å². The fourth-order valence-corrected chi connectivity index (χ4v) is 5.18. The molecule has 0 radical (unpaired) electrons. The number of phenols is 2. The third kappa shape index (κ3) is 5.59. The highest BCUT2D eigenvalue weighted by molar-refractivity contribution is 7.86. The van der Waals surface area contributed by atoms with Gasteiger partial charge in [-0.1, -0.05) is 0 Å². The molecule has 0 amide bonds. The van der Waals surface area contributed by atoms with E-state index in [-0.39, 0.29) is 27.1 Å². The molecule has 0 fully saturated rings. The monoisotopic (exact) mass is 558 g/mol. The van der Waals surface area contributed by atoms with Crippen molar-refractivity contribution in [1.29, 1.82) is 0 Å². The van der Waals surface area contributed by atoms with Crippen LogP contribution in [-0.4, -0.2) is 49.1 Å². The summed E-state index contributed by atoms with van der Waals surface area (Å²) in [7, 11) is -13.8. The van der Waals surface area contributed by atoms with Gasteiger partial charge in [0.1, 0.15) is 16.4 Å². The lowest BCUT2D eigenvalue weighted by atomic mass is 10.1. The number of hydrogen-bond donors (Lipinski definition) is 7. The molecule has 9 N–H and O–H groups in total. The number of phenolic OH excluding ortho intramolecular Hbond substituents is 2. The summed E-state index contributed by atoms with van der Waals surface area (Å²) in [5, 5.41) is 19.9. The van der Waals surface area contributed by atoms with Gasteiger partial charge in [0.25, 0.3) is 30.4 Å². The van der Waals surface area contributed by atoms with Crippen molar-refractivity contribution in [1.82, 2.24) is 0 Å². The van der Waals surface area contributed by atoms with E-state index in [2.05, 4.69) is 0 Å². The molecule has 0 atom stereocenters. The van der Waals surface area contributed by atoms with Crippen LogP contribution in [-0.2, 0) is 30.4 Å². The predicted molar refractivity (Wildman–Crippen MR) is 129 cm³/mol. The Hall–Kier alpha value is -3.67. The Bertz CT molecular complexity index is 1850. The van der Waals surface area contributed by atoms with Crippen LogP contribution in [0.3, 0.4) is 0 Å². The Morgan fingerprint density at radius 3 is 1.58 bits per heavy atom. The second kappa shape index (κ2) is 9.08. The van der Waals surface area contributed by atoms with Crippen molar-refractivity contribution >= 4 is 63.3 Å². The van der Waals surface area contributed by atoms with Gasteiger partial charge in [0.05, 0.1) is 15.5 Å². The van der Waals surface area contributed by atoms with Gasteiger partial charge in [-0.25, -0.2) is 0 Å². The first kappa shape index (κ1) is 26.9. The molecule has 0 saturated carbocycles. The summed E-state index contributed by atoms with van der Waals surface area (Å²) >= 11 is 0. The number of fused-ring (bicyclic) bond motifs is 2.